The van der Waals surface area contributed by atoms with Crippen LogP contribution in [0, 0.1) is 6.92 Å². The van der Waals surface area contributed by atoms with Crippen molar-refractivity contribution in [2.24, 2.45) is 0 Å². The molecule has 3 aromatic heterocycles. The van der Waals surface area contributed by atoms with Crippen LogP contribution in [0.4, 0.5) is 10.1 Å². The standard InChI is InChI=1S/C23H20FN5O3/c1-11-3-4-13(21-27-23(32-28-21)15-7-17(15)24)5-18(11)26-22(30)19-8-25-20-6-14-10-31-12(2)16(14)9-29(19)20/h3-6,8-9,12,15,17H,7,10H2,1-2H3,(H,26,30)/t12-,15+,17+/m1/s1. The number of alkyl halides is 1. The first-order chi connectivity index (χ1) is 15.5. The van der Waals surface area contributed by atoms with Gasteiger partial charge in [-0.25, -0.2) is 9.37 Å². The largest absolute Gasteiger partial charge is 0.369 e. The predicted molar refractivity (Wildman–Crippen MR) is 113 cm³/mol. The first-order valence-corrected chi connectivity index (χ1v) is 10.5. The van der Waals surface area contributed by atoms with Crippen molar-refractivity contribution in [3.05, 3.63) is 64.9 Å². The number of ether oxygens (including phenoxy) is 1. The fourth-order valence-electron chi connectivity index (χ4n) is 4.05. The van der Waals surface area contributed by atoms with E-state index in [4.69, 9.17) is 9.26 Å². The molecule has 162 valence electrons. The van der Waals surface area contributed by atoms with Crippen LogP contribution in [-0.2, 0) is 11.3 Å². The van der Waals surface area contributed by atoms with Gasteiger partial charge in [-0.2, -0.15) is 4.98 Å². The average molecular weight is 433 g/mol. The van der Waals surface area contributed by atoms with E-state index in [1.807, 2.05) is 38.2 Å². The van der Waals surface area contributed by atoms with E-state index in [1.54, 1.807) is 16.7 Å². The Kier molecular flexibility index (Phi) is 4.16. The number of nitrogens with zero attached hydrogens (tertiary/aromatic N) is 4. The number of rotatable bonds is 4. The summed E-state index contributed by atoms with van der Waals surface area (Å²) in [7, 11) is 0. The van der Waals surface area contributed by atoms with Gasteiger partial charge in [-0.15, -0.1) is 0 Å². The van der Waals surface area contributed by atoms with Crippen LogP contribution in [0.1, 0.15) is 58.4 Å². The molecule has 1 aromatic carbocycles. The van der Waals surface area contributed by atoms with Crippen molar-refractivity contribution >= 4 is 17.2 Å². The van der Waals surface area contributed by atoms with Crippen LogP contribution in [-0.4, -0.2) is 31.6 Å². The normalized spacial score (nSPS) is 21.7. The molecule has 3 atom stereocenters. The Labute approximate surface area is 182 Å². The van der Waals surface area contributed by atoms with E-state index in [0.717, 1.165) is 16.7 Å². The van der Waals surface area contributed by atoms with Gasteiger partial charge < -0.3 is 14.6 Å². The first-order valence-electron chi connectivity index (χ1n) is 10.5. The molecule has 4 heterocycles. The zero-order valence-electron chi connectivity index (χ0n) is 17.5. The molecule has 1 N–H and O–H groups in total. The molecule has 9 heteroatoms. The second kappa shape index (κ2) is 6.96. The number of fused-ring (bicyclic) bond motifs is 2. The number of aromatic nitrogens is 4. The third-order valence-corrected chi connectivity index (χ3v) is 6.14. The Balaban J connectivity index is 1.29. The van der Waals surface area contributed by atoms with Crippen LogP contribution < -0.4 is 5.32 Å². The lowest BCUT2D eigenvalue weighted by molar-refractivity contribution is 0.0795. The average Bonchev–Trinajstić information content (AvgIpc) is 3.17. The van der Waals surface area contributed by atoms with Gasteiger partial charge in [-0.1, -0.05) is 17.3 Å². The number of nitrogens with one attached hydrogen (secondary N) is 1. The summed E-state index contributed by atoms with van der Waals surface area (Å²) in [6, 6.07) is 7.46. The van der Waals surface area contributed by atoms with Crippen LogP contribution in [0.15, 0.2) is 41.2 Å². The fourth-order valence-corrected chi connectivity index (χ4v) is 4.05. The van der Waals surface area contributed by atoms with Gasteiger partial charge in [0.25, 0.3) is 5.91 Å². The summed E-state index contributed by atoms with van der Waals surface area (Å²) in [4.78, 5) is 21.8. The molecule has 1 aliphatic carbocycles. The summed E-state index contributed by atoms with van der Waals surface area (Å²) >= 11 is 0. The Hall–Kier alpha value is -3.59. The monoisotopic (exact) mass is 433 g/mol. The fraction of sp³-hybridized carbons (Fsp3) is 0.304. The molecular formula is C23H20FN5O3. The number of pyridine rings is 1. The van der Waals surface area contributed by atoms with E-state index < -0.39 is 6.17 Å². The highest BCUT2D eigenvalue weighted by atomic mass is 19.1. The Morgan fingerprint density at radius 1 is 1.31 bits per heavy atom. The van der Waals surface area contributed by atoms with Crippen molar-refractivity contribution < 1.29 is 18.4 Å². The van der Waals surface area contributed by atoms with Gasteiger partial charge in [0, 0.05) is 23.0 Å². The molecule has 0 saturated heterocycles. The van der Waals surface area contributed by atoms with Crippen LogP contribution in [0.3, 0.4) is 0 Å². The van der Waals surface area contributed by atoms with Gasteiger partial charge in [0.1, 0.15) is 17.5 Å². The highest BCUT2D eigenvalue weighted by molar-refractivity contribution is 6.04. The molecule has 6 rings (SSSR count). The number of imidazole rings is 1. The first kappa shape index (κ1) is 19.1. The van der Waals surface area contributed by atoms with Gasteiger partial charge in [0.15, 0.2) is 0 Å². The molecular weight excluding hydrogens is 413 g/mol. The molecule has 1 saturated carbocycles. The minimum atomic E-state index is -0.905. The van der Waals surface area contributed by atoms with E-state index in [1.165, 1.54) is 0 Å². The number of benzene rings is 1. The highest BCUT2D eigenvalue weighted by Gasteiger charge is 2.43. The summed E-state index contributed by atoms with van der Waals surface area (Å²) in [6.45, 7) is 4.45. The van der Waals surface area contributed by atoms with E-state index in [2.05, 4.69) is 20.4 Å². The molecule has 0 bridgehead atoms. The van der Waals surface area contributed by atoms with Gasteiger partial charge in [-0.05, 0) is 43.5 Å². The molecule has 0 radical (unpaired) electrons. The molecule has 1 fully saturated rings. The molecule has 1 aliphatic heterocycles. The number of carbonyl (C=O) groups excluding carboxylic acids is 1. The maximum absolute atomic E-state index is 13.3. The minimum Gasteiger partial charge on any atom is -0.369 e. The molecule has 0 unspecified atom stereocenters. The van der Waals surface area contributed by atoms with Gasteiger partial charge in [0.05, 0.1) is 24.8 Å². The maximum atomic E-state index is 13.3. The third kappa shape index (κ3) is 3.08. The van der Waals surface area contributed by atoms with E-state index >= 15 is 0 Å². The maximum Gasteiger partial charge on any atom is 0.274 e. The lowest BCUT2D eigenvalue weighted by atomic mass is 10.1. The lowest BCUT2D eigenvalue weighted by Crippen LogP contribution is -2.15. The second-order valence-electron chi connectivity index (χ2n) is 8.38. The Bertz CT molecular complexity index is 1380. The molecule has 8 nitrogen and oxygen atoms in total. The zero-order valence-corrected chi connectivity index (χ0v) is 17.5. The van der Waals surface area contributed by atoms with E-state index in [0.29, 0.717) is 47.3 Å². The van der Waals surface area contributed by atoms with E-state index in [9.17, 15) is 9.18 Å². The summed E-state index contributed by atoms with van der Waals surface area (Å²) in [5.74, 6) is 0.103. The van der Waals surface area contributed by atoms with Crippen molar-refractivity contribution in [1.29, 1.82) is 0 Å². The van der Waals surface area contributed by atoms with Crippen molar-refractivity contribution in [2.45, 2.75) is 45.1 Å². The molecule has 4 aromatic rings. The number of hydrogen-bond donors (Lipinski definition) is 1. The topological polar surface area (TPSA) is 94.6 Å². The predicted octanol–water partition coefficient (Wildman–Crippen LogP) is 4.36. The SMILES string of the molecule is Cc1ccc(-c2noc([C@H]3C[C@@H]3F)n2)cc1NC(=O)c1cnc2cc3c(cn12)[C@@H](C)OC3. The van der Waals surface area contributed by atoms with Gasteiger partial charge >= 0.3 is 0 Å². The van der Waals surface area contributed by atoms with Crippen LogP contribution >= 0.6 is 0 Å². The van der Waals surface area contributed by atoms with Crippen molar-refractivity contribution in [2.75, 3.05) is 5.32 Å². The molecule has 2 aliphatic rings. The Morgan fingerprint density at radius 3 is 2.97 bits per heavy atom. The number of amides is 1. The summed E-state index contributed by atoms with van der Waals surface area (Å²) in [5, 5.41) is 6.94. The second-order valence-corrected chi connectivity index (χ2v) is 8.38. The van der Waals surface area contributed by atoms with Crippen molar-refractivity contribution in [3.63, 3.8) is 0 Å². The smallest absolute Gasteiger partial charge is 0.274 e. The van der Waals surface area contributed by atoms with Crippen molar-refractivity contribution in [3.8, 4) is 11.4 Å². The summed E-state index contributed by atoms with van der Waals surface area (Å²) in [6.07, 6.45) is 2.99. The van der Waals surface area contributed by atoms with Crippen molar-refractivity contribution in [1.82, 2.24) is 19.5 Å². The number of carbonyl (C=O) groups is 1. The lowest BCUT2D eigenvalue weighted by Gasteiger charge is -2.10. The van der Waals surface area contributed by atoms with Crippen LogP contribution in [0.2, 0.25) is 0 Å². The van der Waals surface area contributed by atoms with Crippen LogP contribution in [0.25, 0.3) is 17.0 Å². The summed E-state index contributed by atoms with van der Waals surface area (Å²) < 4.78 is 26.0. The Morgan fingerprint density at radius 2 is 2.16 bits per heavy atom. The number of halogens is 1. The zero-order chi connectivity index (χ0) is 22.0. The number of aryl methyl sites for hydroxylation is 1. The van der Waals surface area contributed by atoms with Crippen LogP contribution in [0.5, 0.6) is 0 Å². The summed E-state index contributed by atoms with van der Waals surface area (Å²) in [5.41, 5.74) is 5.46. The molecule has 1 amide bonds. The number of hydrogen-bond acceptors (Lipinski definition) is 6. The third-order valence-electron chi connectivity index (χ3n) is 6.14. The molecule has 0 spiro atoms. The van der Waals surface area contributed by atoms with Gasteiger partial charge in [-0.3, -0.25) is 9.20 Å². The highest BCUT2D eigenvalue weighted by Crippen LogP contribution is 2.43. The number of anilines is 1. The van der Waals surface area contributed by atoms with E-state index in [-0.39, 0.29) is 17.9 Å². The van der Waals surface area contributed by atoms with Gasteiger partial charge in [0.2, 0.25) is 11.7 Å². The quantitative estimate of drug-likeness (QED) is 0.514. The minimum absolute atomic E-state index is 0.0187. The molecule has 32 heavy (non-hydrogen) atoms.